The molecule has 3 aromatic rings. The molecular weight excluding hydrogens is 476 g/mol. The summed E-state index contributed by atoms with van der Waals surface area (Å²) in [6.45, 7) is 10.7. The van der Waals surface area contributed by atoms with E-state index in [9.17, 15) is 0 Å². The van der Waals surface area contributed by atoms with E-state index >= 15 is 0 Å². The predicted molar refractivity (Wildman–Crippen MR) is 130 cm³/mol. The zero-order chi connectivity index (χ0) is 22.1. The molecule has 0 unspecified atom stereocenters. The summed E-state index contributed by atoms with van der Waals surface area (Å²) in [5.74, 6) is 2.14. The Morgan fingerprint density at radius 3 is 2.81 bits per heavy atom. The van der Waals surface area contributed by atoms with E-state index in [1.54, 1.807) is 0 Å². The number of ether oxygens (including phenoxy) is 1. The van der Waals surface area contributed by atoms with Gasteiger partial charge in [-0.25, -0.2) is 9.67 Å². The minimum atomic E-state index is 0.451. The monoisotopic (exact) mass is 502 g/mol. The van der Waals surface area contributed by atoms with E-state index in [-0.39, 0.29) is 0 Å². The van der Waals surface area contributed by atoms with Gasteiger partial charge in [0, 0.05) is 31.3 Å². The summed E-state index contributed by atoms with van der Waals surface area (Å²) in [6, 6.07) is 8.16. The van der Waals surface area contributed by atoms with Gasteiger partial charge in [0.2, 0.25) is 0 Å². The Labute approximate surface area is 197 Å². The van der Waals surface area contributed by atoms with E-state index in [1.807, 2.05) is 29.1 Å². The molecule has 1 aliphatic heterocycles. The van der Waals surface area contributed by atoms with Crippen molar-refractivity contribution >= 4 is 33.3 Å². The Hall–Kier alpha value is -2.05. The van der Waals surface area contributed by atoms with Gasteiger partial charge in [0.15, 0.2) is 0 Å². The summed E-state index contributed by atoms with van der Waals surface area (Å²) >= 11 is 10.4. The number of anilines is 1. The fraction of sp³-hybridized carbons (Fsp3) is 0.417. The normalized spacial score (nSPS) is 13.6. The van der Waals surface area contributed by atoms with Gasteiger partial charge >= 0.3 is 0 Å². The van der Waals surface area contributed by atoms with Crippen LogP contribution in [0.5, 0.6) is 5.75 Å². The van der Waals surface area contributed by atoms with Crippen LogP contribution in [0.3, 0.4) is 0 Å². The van der Waals surface area contributed by atoms with E-state index in [0.717, 1.165) is 58.1 Å². The highest BCUT2D eigenvalue weighted by Gasteiger charge is 2.27. The molecule has 31 heavy (non-hydrogen) atoms. The highest BCUT2D eigenvalue weighted by atomic mass is 79.9. The number of nitrogens with zero attached hydrogens (tertiary/aromatic N) is 4. The van der Waals surface area contributed by atoms with Crippen molar-refractivity contribution in [3.05, 3.63) is 62.5 Å². The molecule has 0 saturated heterocycles. The van der Waals surface area contributed by atoms with Crippen molar-refractivity contribution in [1.29, 1.82) is 0 Å². The first kappa shape index (κ1) is 22.2. The summed E-state index contributed by atoms with van der Waals surface area (Å²) in [5.41, 5.74) is 5.52. The van der Waals surface area contributed by atoms with E-state index in [2.05, 4.69) is 59.6 Å². The van der Waals surface area contributed by atoms with Crippen LogP contribution in [-0.4, -0.2) is 27.9 Å². The largest absolute Gasteiger partial charge is 0.491 e. The number of aromatic nitrogens is 3. The number of pyridine rings is 1. The smallest absolute Gasteiger partial charge is 0.147 e. The first-order valence-corrected chi connectivity index (χ1v) is 11.9. The SMILES string of the molecule is CCc1cnc(N2CCc3nn(-c4c(C)cccc4OCC(C)C)c(Br)c3C2)c(Cl)c1. The van der Waals surface area contributed by atoms with Crippen molar-refractivity contribution in [2.45, 2.75) is 47.1 Å². The van der Waals surface area contributed by atoms with Crippen molar-refractivity contribution in [1.82, 2.24) is 14.8 Å². The molecule has 1 aliphatic rings. The molecule has 0 bridgehead atoms. The number of aryl methyl sites for hydroxylation is 2. The van der Waals surface area contributed by atoms with Crippen LogP contribution in [0.15, 0.2) is 35.1 Å². The molecular formula is C24H28BrClN4O. The van der Waals surface area contributed by atoms with Gasteiger partial charge < -0.3 is 9.64 Å². The summed E-state index contributed by atoms with van der Waals surface area (Å²) in [7, 11) is 0. The highest BCUT2D eigenvalue weighted by molar-refractivity contribution is 9.10. The number of hydrogen-bond donors (Lipinski definition) is 0. The Morgan fingerprint density at radius 1 is 1.29 bits per heavy atom. The first-order chi connectivity index (χ1) is 14.9. The second kappa shape index (κ2) is 9.21. The number of para-hydroxylation sites is 1. The molecule has 0 radical (unpaired) electrons. The maximum absolute atomic E-state index is 6.56. The van der Waals surface area contributed by atoms with Gasteiger partial charge in [-0.2, -0.15) is 5.10 Å². The van der Waals surface area contributed by atoms with E-state index in [4.69, 9.17) is 21.4 Å². The van der Waals surface area contributed by atoms with Gasteiger partial charge in [-0.05, 0) is 58.5 Å². The number of halogens is 2. The Bertz CT molecular complexity index is 1100. The number of hydrogen-bond acceptors (Lipinski definition) is 4. The third-order valence-electron chi connectivity index (χ3n) is 5.54. The van der Waals surface area contributed by atoms with Crippen molar-refractivity contribution in [3.8, 4) is 11.4 Å². The standard InChI is InChI=1S/C24H28BrClN4O/c1-5-17-11-19(26)24(27-12-17)29-10-9-20-18(13-29)23(25)30(28-20)22-16(4)7-6-8-21(22)31-14-15(2)3/h6-8,11-12,15H,5,9-10,13-14H2,1-4H3. The van der Waals surface area contributed by atoms with Crippen molar-refractivity contribution in [2.24, 2.45) is 5.92 Å². The second-order valence-electron chi connectivity index (χ2n) is 8.43. The quantitative estimate of drug-likeness (QED) is 0.404. The van der Waals surface area contributed by atoms with Crippen molar-refractivity contribution < 1.29 is 4.74 Å². The topological polar surface area (TPSA) is 43.2 Å². The van der Waals surface area contributed by atoms with Crippen LogP contribution < -0.4 is 9.64 Å². The fourth-order valence-electron chi connectivity index (χ4n) is 3.84. The molecule has 3 heterocycles. The van der Waals surface area contributed by atoms with Crippen LogP contribution in [0, 0.1) is 12.8 Å². The summed E-state index contributed by atoms with van der Waals surface area (Å²) in [4.78, 5) is 6.87. The third kappa shape index (κ3) is 4.46. The molecule has 5 nitrogen and oxygen atoms in total. The number of fused-ring (bicyclic) bond motifs is 1. The Balaban J connectivity index is 1.68. The van der Waals surface area contributed by atoms with Gasteiger partial charge in [0.05, 0.1) is 17.3 Å². The second-order valence-corrected chi connectivity index (χ2v) is 9.59. The summed E-state index contributed by atoms with van der Waals surface area (Å²) in [5, 5.41) is 5.66. The highest BCUT2D eigenvalue weighted by Crippen LogP contribution is 2.36. The van der Waals surface area contributed by atoms with Crippen LogP contribution in [0.25, 0.3) is 5.69 Å². The van der Waals surface area contributed by atoms with Crippen LogP contribution in [-0.2, 0) is 19.4 Å². The predicted octanol–water partition coefficient (Wildman–Crippen LogP) is 6.15. The molecule has 7 heteroatoms. The lowest BCUT2D eigenvalue weighted by molar-refractivity contribution is 0.269. The van der Waals surface area contributed by atoms with Crippen LogP contribution in [0.4, 0.5) is 5.82 Å². The van der Waals surface area contributed by atoms with Gasteiger partial charge in [-0.3, -0.25) is 0 Å². The molecule has 0 atom stereocenters. The van der Waals surface area contributed by atoms with E-state index in [1.165, 1.54) is 5.56 Å². The average Bonchev–Trinajstić information content (AvgIpc) is 3.07. The molecule has 0 N–H and O–H groups in total. The van der Waals surface area contributed by atoms with Crippen LogP contribution in [0.1, 0.15) is 43.2 Å². The molecule has 0 fully saturated rings. The maximum Gasteiger partial charge on any atom is 0.147 e. The van der Waals surface area contributed by atoms with Crippen LogP contribution >= 0.6 is 27.5 Å². The maximum atomic E-state index is 6.56. The Morgan fingerprint density at radius 2 is 2.10 bits per heavy atom. The average molecular weight is 504 g/mol. The number of benzene rings is 1. The molecule has 0 saturated carbocycles. The molecule has 0 spiro atoms. The molecule has 2 aromatic heterocycles. The number of rotatable bonds is 6. The zero-order valence-electron chi connectivity index (χ0n) is 18.5. The fourth-order valence-corrected chi connectivity index (χ4v) is 4.76. The molecule has 4 rings (SSSR count). The minimum absolute atomic E-state index is 0.451. The van der Waals surface area contributed by atoms with Gasteiger partial charge in [-0.15, -0.1) is 0 Å². The van der Waals surface area contributed by atoms with E-state index < -0.39 is 0 Å². The van der Waals surface area contributed by atoms with E-state index in [0.29, 0.717) is 24.1 Å². The zero-order valence-corrected chi connectivity index (χ0v) is 20.8. The third-order valence-corrected chi connectivity index (χ3v) is 6.64. The molecule has 0 aliphatic carbocycles. The molecule has 0 amide bonds. The summed E-state index contributed by atoms with van der Waals surface area (Å²) < 4.78 is 9.07. The lowest BCUT2D eigenvalue weighted by atomic mass is 10.1. The Kier molecular flexibility index (Phi) is 6.58. The molecule has 164 valence electrons. The first-order valence-electron chi connectivity index (χ1n) is 10.8. The minimum Gasteiger partial charge on any atom is -0.491 e. The van der Waals surface area contributed by atoms with Gasteiger partial charge in [-0.1, -0.05) is 44.5 Å². The lowest BCUT2D eigenvalue weighted by Crippen LogP contribution is -2.31. The van der Waals surface area contributed by atoms with Crippen LogP contribution in [0.2, 0.25) is 5.02 Å². The van der Waals surface area contributed by atoms with Crippen molar-refractivity contribution in [3.63, 3.8) is 0 Å². The summed E-state index contributed by atoms with van der Waals surface area (Å²) in [6.07, 6.45) is 3.68. The lowest BCUT2D eigenvalue weighted by Gasteiger charge is -2.28. The van der Waals surface area contributed by atoms with Gasteiger partial charge in [0.25, 0.3) is 0 Å². The van der Waals surface area contributed by atoms with Gasteiger partial charge in [0.1, 0.15) is 21.9 Å². The van der Waals surface area contributed by atoms with Crippen molar-refractivity contribution in [2.75, 3.05) is 18.1 Å². The molecule has 1 aromatic carbocycles.